The molecular weight excluding hydrogens is 352 g/mol. The Bertz CT molecular complexity index is 751. The summed E-state index contributed by atoms with van der Waals surface area (Å²) in [7, 11) is 7.14. The number of aromatic amines is 1. The first kappa shape index (κ1) is 18.7. The average Bonchev–Trinajstić information content (AvgIpc) is 3.33. The highest BCUT2D eigenvalue weighted by Crippen LogP contribution is 2.51. The minimum Gasteiger partial charge on any atom is -0.417 e. The second kappa shape index (κ2) is 7.64. The van der Waals surface area contributed by atoms with E-state index in [1.807, 2.05) is 24.4 Å². The quantitative estimate of drug-likeness (QED) is 0.565. The summed E-state index contributed by atoms with van der Waals surface area (Å²) in [6.45, 7) is 5.46. The number of hydrogen-bond acceptors (Lipinski definition) is 4. The van der Waals surface area contributed by atoms with E-state index in [1.54, 1.807) is 10.8 Å². The van der Waals surface area contributed by atoms with Crippen LogP contribution >= 0.6 is 21.6 Å². The van der Waals surface area contributed by atoms with Crippen molar-refractivity contribution in [2.24, 2.45) is 5.92 Å². The van der Waals surface area contributed by atoms with Crippen LogP contribution in [0.2, 0.25) is 0 Å². The lowest BCUT2D eigenvalue weighted by atomic mass is 10.1. The highest BCUT2D eigenvalue weighted by Gasteiger charge is 2.39. The molecule has 2 aromatic rings. The monoisotopic (exact) mass is 379 g/mol. The summed E-state index contributed by atoms with van der Waals surface area (Å²) in [6, 6.07) is 5.84. The number of ether oxygens (including phenoxy) is 1. The van der Waals surface area contributed by atoms with Crippen molar-refractivity contribution in [3.05, 3.63) is 30.0 Å². The molecule has 0 aliphatic heterocycles. The van der Waals surface area contributed by atoms with Gasteiger partial charge in [0.05, 0.1) is 20.6 Å². The number of quaternary nitrogens is 1. The third-order valence-corrected chi connectivity index (χ3v) is 7.73. The van der Waals surface area contributed by atoms with Crippen molar-refractivity contribution in [1.29, 1.82) is 0 Å². The molecule has 2 N–H and O–H groups in total. The molecule has 0 atom stereocenters. The van der Waals surface area contributed by atoms with Crippen LogP contribution in [0.15, 0.2) is 24.4 Å². The summed E-state index contributed by atoms with van der Waals surface area (Å²) < 4.78 is 5.83. The molecule has 1 aliphatic carbocycles. The van der Waals surface area contributed by atoms with Crippen LogP contribution in [0.5, 0.6) is 5.75 Å². The molecule has 136 valence electrons. The van der Waals surface area contributed by atoms with E-state index in [4.69, 9.17) is 4.74 Å². The maximum Gasteiger partial charge on any atom is 0.383 e. The molecular formula is C19H27N2O2S2+. The minimum atomic E-state index is -0.239. The van der Waals surface area contributed by atoms with Crippen LogP contribution in [0.25, 0.3) is 10.9 Å². The molecule has 1 fully saturated rings. The molecule has 25 heavy (non-hydrogen) atoms. The lowest BCUT2D eigenvalue weighted by Gasteiger charge is -2.21. The van der Waals surface area contributed by atoms with Gasteiger partial charge in [0.15, 0.2) is 0 Å². The van der Waals surface area contributed by atoms with Gasteiger partial charge in [0, 0.05) is 39.1 Å². The van der Waals surface area contributed by atoms with Gasteiger partial charge < -0.3 is 14.6 Å². The summed E-state index contributed by atoms with van der Waals surface area (Å²) in [4.78, 5) is 17.0. The van der Waals surface area contributed by atoms with Crippen molar-refractivity contribution in [3.63, 3.8) is 0 Å². The second-order valence-electron chi connectivity index (χ2n) is 7.60. The number of aromatic nitrogens is 1. The molecule has 0 bridgehead atoms. The van der Waals surface area contributed by atoms with Gasteiger partial charge in [-0.05, 0) is 50.3 Å². The Labute approximate surface area is 157 Å². The van der Waals surface area contributed by atoms with Gasteiger partial charge in [-0.1, -0.05) is 16.9 Å². The maximum atomic E-state index is 12.4. The Morgan fingerprint density at radius 1 is 1.36 bits per heavy atom. The summed E-state index contributed by atoms with van der Waals surface area (Å²) in [5.74, 6) is 1.39. The number of carbonyl (C=O) groups excluding carboxylic acids is 1. The first-order valence-electron chi connectivity index (χ1n) is 8.82. The molecule has 0 radical (unpaired) electrons. The summed E-state index contributed by atoms with van der Waals surface area (Å²) >= 11 is 0. The topological polar surface area (TPSA) is 46.5 Å². The molecule has 0 saturated heterocycles. The van der Waals surface area contributed by atoms with Gasteiger partial charge in [-0.25, -0.2) is 4.79 Å². The fourth-order valence-electron chi connectivity index (χ4n) is 2.98. The second-order valence-corrected chi connectivity index (χ2v) is 10.3. The highest BCUT2D eigenvalue weighted by molar-refractivity contribution is 8.82. The predicted molar refractivity (Wildman–Crippen MR) is 108 cm³/mol. The van der Waals surface area contributed by atoms with Crippen LogP contribution in [-0.4, -0.2) is 35.7 Å². The fraction of sp³-hybridized carbons (Fsp3) is 0.526. The summed E-state index contributed by atoms with van der Waals surface area (Å²) in [5.41, 5.74) is 2.22. The van der Waals surface area contributed by atoms with Crippen molar-refractivity contribution >= 4 is 37.8 Å². The van der Waals surface area contributed by atoms with Crippen molar-refractivity contribution < 1.29 is 14.4 Å². The third-order valence-electron chi connectivity index (χ3n) is 4.72. The predicted octanol–water partition coefficient (Wildman–Crippen LogP) is 3.92. The molecule has 4 nitrogen and oxygen atoms in total. The number of nitrogens with one attached hydrogen (secondary N) is 2. The summed E-state index contributed by atoms with van der Waals surface area (Å²) in [6.07, 6.45) is 5.53. The molecule has 1 aliphatic rings. The van der Waals surface area contributed by atoms with Gasteiger partial charge in [0.25, 0.3) is 0 Å². The Hall–Kier alpha value is -1.11. The first-order chi connectivity index (χ1) is 11.9. The lowest BCUT2D eigenvalue weighted by molar-refractivity contribution is -0.858. The Morgan fingerprint density at radius 2 is 2.12 bits per heavy atom. The molecule has 1 heterocycles. The van der Waals surface area contributed by atoms with E-state index in [0.29, 0.717) is 5.75 Å². The van der Waals surface area contributed by atoms with Gasteiger partial charge >= 0.3 is 5.30 Å². The molecule has 0 amide bonds. The van der Waals surface area contributed by atoms with Crippen LogP contribution in [0.3, 0.4) is 0 Å². The third kappa shape index (κ3) is 4.74. The van der Waals surface area contributed by atoms with Gasteiger partial charge in [0.2, 0.25) is 0 Å². The van der Waals surface area contributed by atoms with Crippen LogP contribution < -0.4 is 9.64 Å². The average molecular weight is 380 g/mol. The van der Waals surface area contributed by atoms with E-state index in [2.05, 4.69) is 32.9 Å². The number of H-pyrrole nitrogens is 1. The van der Waals surface area contributed by atoms with E-state index in [1.165, 1.54) is 34.1 Å². The fourth-order valence-corrected chi connectivity index (χ4v) is 5.12. The smallest absolute Gasteiger partial charge is 0.383 e. The van der Waals surface area contributed by atoms with Crippen molar-refractivity contribution in [2.75, 3.05) is 20.6 Å². The minimum absolute atomic E-state index is 0.128. The molecule has 0 unspecified atom stereocenters. The van der Waals surface area contributed by atoms with Crippen LogP contribution in [0.4, 0.5) is 4.79 Å². The molecule has 0 spiro atoms. The normalized spacial score (nSPS) is 15.1. The SMILES string of the molecule is C[NH+](C)CCc1c[nH]c2cccc(OC(=O)SSC(C)(C)C3CC3)c12. The van der Waals surface area contributed by atoms with Crippen molar-refractivity contribution in [1.82, 2.24) is 4.98 Å². The van der Waals surface area contributed by atoms with E-state index >= 15 is 0 Å². The molecule has 1 saturated carbocycles. The number of likely N-dealkylation sites (N-methyl/N-ethyl adjacent to an activating group) is 1. The Balaban J connectivity index is 1.69. The van der Waals surface area contributed by atoms with Crippen LogP contribution in [-0.2, 0) is 6.42 Å². The summed E-state index contributed by atoms with van der Waals surface area (Å²) in [5, 5.41) is 0.792. The van der Waals surface area contributed by atoms with Gasteiger partial charge in [-0.15, -0.1) is 0 Å². The Kier molecular flexibility index (Phi) is 5.71. The van der Waals surface area contributed by atoms with Crippen LogP contribution in [0.1, 0.15) is 32.3 Å². The van der Waals surface area contributed by atoms with Gasteiger partial charge in [-0.2, -0.15) is 0 Å². The van der Waals surface area contributed by atoms with Crippen molar-refractivity contribution in [2.45, 2.75) is 37.9 Å². The van der Waals surface area contributed by atoms with E-state index in [-0.39, 0.29) is 10.0 Å². The number of hydrogen-bond donors (Lipinski definition) is 2. The van der Waals surface area contributed by atoms with E-state index < -0.39 is 0 Å². The zero-order valence-corrected chi connectivity index (χ0v) is 17.0. The van der Waals surface area contributed by atoms with E-state index in [9.17, 15) is 4.79 Å². The van der Waals surface area contributed by atoms with Crippen LogP contribution in [0, 0.1) is 5.92 Å². The zero-order valence-electron chi connectivity index (χ0n) is 15.3. The molecule has 1 aromatic heterocycles. The number of rotatable bonds is 7. The Morgan fingerprint density at radius 3 is 2.80 bits per heavy atom. The number of carbonyl (C=O) groups is 1. The van der Waals surface area contributed by atoms with Crippen molar-refractivity contribution in [3.8, 4) is 5.75 Å². The largest absolute Gasteiger partial charge is 0.417 e. The number of fused-ring (bicyclic) bond motifs is 1. The molecule has 1 aromatic carbocycles. The molecule has 3 rings (SSSR count). The van der Waals surface area contributed by atoms with E-state index in [0.717, 1.165) is 29.8 Å². The molecule has 6 heteroatoms. The number of benzene rings is 1. The zero-order chi connectivity index (χ0) is 18.0. The lowest BCUT2D eigenvalue weighted by Crippen LogP contribution is -3.05. The highest BCUT2D eigenvalue weighted by atomic mass is 33.1. The standard InChI is InChI=1S/C19H26N2O2S2/c1-19(2,14-8-9-14)25-24-18(22)23-16-7-5-6-15-17(16)13(12-20-15)10-11-21(3)4/h5-7,12,14,20H,8-11H2,1-4H3/p+1. The van der Waals surface area contributed by atoms with Gasteiger partial charge in [0.1, 0.15) is 5.75 Å². The maximum absolute atomic E-state index is 12.4. The van der Waals surface area contributed by atoms with Gasteiger partial charge in [-0.3, -0.25) is 0 Å². The first-order valence-corrected chi connectivity index (χ1v) is 11.0.